The molecule has 0 saturated heterocycles. The molecule has 4 nitrogen and oxygen atoms in total. The van der Waals surface area contributed by atoms with E-state index >= 15 is 0 Å². The molecule has 0 spiro atoms. The fourth-order valence-corrected chi connectivity index (χ4v) is 18.5. The van der Waals surface area contributed by atoms with Crippen molar-refractivity contribution in [3.05, 3.63) is 212 Å². The first-order valence-electron chi connectivity index (χ1n) is 29.1. The average Bonchev–Trinajstić information content (AvgIpc) is 2.79. The van der Waals surface area contributed by atoms with Crippen LogP contribution in [0.15, 0.2) is 167 Å². The van der Waals surface area contributed by atoms with Gasteiger partial charge in [-0.05, 0) is 235 Å². The van der Waals surface area contributed by atoms with E-state index < -0.39 is 0 Å². The van der Waals surface area contributed by atoms with Crippen molar-refractivity contribution in [1.82, 2.24) is 0 Å². The first kappa shape index (κ1) is 56.8. The zero-order valence-electron chi connectivity index (χ0n) is 47.6. The van der Waals surface area contributed by atoms with Crippen LogP contribution in [0.2, 0.25) is 0 Å². The Hall–Kier alpha value is -6.32. The van der Waals surface area contributed by atoms with E-state index in [2.05, 4.69) is 195 Å². The molecule has 4 aromatic carbocycles. The average molecular weight is 1250 g/mol. The first-order valence-corrected chi connectivity index (χ1v) is 35.9. The topological polar surface area (TPSA) is 36.9 Å². The SMILES string of the molecule is CCCOc1c2cc(-c3ccc(-c4cccs4)s3)cc1Cc1cc(-c3ccc(-c4cccs4)s3)cc(c1OCCC)Cc1cc(-c3ccc(-c4cccs4)s3)cc(c1OCCC)Cc1cc(-c3ccc(-c4cccs4)s3)cc(c1OCCC)C2. The molecule has 0 saturated carbocycles. The second kappa shape index (κ2) is 26.1. The molecule has 1 aliphatic carbocycles. The molecule has 12 aromatic rings. The van der Waals surface area contributed by atoms with E-state index in [0.29, 0.717) is 52.1 Å². The van der Waals surface area contributed by atoms with E-state index in [9.17, 15) is 0 Å². The summed E-state index contributed by atoms with van der Waals surface area (Å²) in [4.78, 5) is 15.1. The van der Waals surface area contributed by atoms with Gasteiger partial charge in [0.25, 0.3) is 0 Å². The maximum Gasteiger partial charge on any atom is 0.126 e. The Morgan fingerprint density at radius 2 is 0.464 bits per heavy atom. The van der Waals surface area contributed by atoms with E-state index in [4.69, 9.17) is 18.9 Å². The quantitative estimate of drug-likeness (QED) is 0.0762. The Labute approximate surface area is 525 Å². The summed E-state index contributed by atoms with van der Waals surface area (Å²) in [5.41, 5.74) is 13.9. The van der Waals surface area contributed by atoms with Gasteiger partial charge in [-0.25, -0.2) is 0 Å². The molecule has 1 aliphatic rings. The summed E-state index contributed by atoms with van der Waals surface area (Å²) in [6.07, 6.45) is 5.91. The number of ether oxygens (including phenoxy) is 4. The highest BCUT2D eigenvalue weighted by Gasteiger charge is 2.27. The van der Waals surface area contributed by atoms with Crippen molar-refractivity contribution in [2.24, 2.45) is 0 Å². The Bertz CT molecular complexity index is 3520. The molecule has 12 heteroatoms. The van der Waals surface area contributed by atoms with Crippen LogP contribution in [-0.2, 0) is 25.7 Å². The van der Waals surface area contributed by atoms with Crippen LogP contribution in [0.4, 0.5) is 0 Å². The van der Waals surface area contributed by atoms with Gasteiger partial charge in [-0.15, -0.1) is 90.7 Å². The minimum Gasteiger partial charge on any atom is -0.493 e. The lowest BCUT2D eigenvalue weighted by Crippen LogP contribution is -2.11. The van der Waals surface area contributed by atoms with E-state index in [-0.39, 0.29) is 0 Å². The van der Waals surface area contributed by atoms with Crippen LogP contribution in [0.1, 0.15) is 97.9 Å². The van der Waals surface area contributed by atoms with Crippen LogP contribution < -0.4 is 18.9 Å². The minimum absolute atomic E-state index is 0.591. The normalized spacial score (nSPS) is 12.2. The lowest BCUT2D eigenvalue weighted by molar-refractivity contribution is 0.304. The standard InChI is InChI=1S/C72H64O4S8/c1-5-25-73-69-49-33-45(57-17-21-65(81-57)61-13-9-29-77-61)34-50(69)42-52-36-47(59-19-23-67(83-59)63-15-11-31-79-63)38-54(71(52)75-27-7-3)44-56-40-48(60-20-24-68(84-60)64-16-12-32-80-64)39-55(72(56)76-28-8-4)43-53-37-46(35-51(41-49)70(53)74-26-6-2)58-18-22-66(82-58)62-14-10-30-78-62/h9-24,29-40H,5-8,25-28,41-44H2,1-4H3. The second-order valence-electron chi connectivity index (χ2n) is 21.2. The summed E-state index contributed by atoms with van der Waals surface area (Å²) in [5, 5.41) is 8.68. The van der Waals surface area contributed by atoms with Gasteiger partial charge < -0.3 is 18.9 Å². The molecule has 0 amide bonds. The molecule has 13 rings (SSSR count). The van der Waals surface area contributed by atoms with Gasteiger partial charge in [-0.2, -0.15) is 0 Å². The monoisotopic (exact) mass is 1250 g/mol. The number of hydrogen-bond donors (Lipinski definition) is 0. The lowest BCUT2D eigenvalue weighted by atomic mass is 9.88. The molecule has 0 fully saturated rings. The van der Waals surface area contributed by atoms with Crippen LogP contribution in [0.25, 0.3) is 80.8 Å². The highest BCUT2D eigenvalue weighted by Crippen LogP contribution is 2.49. The van der Waals surface area contributed by atoms with Gasteiger partial charge in [0.15, 0.2) is 0 Å². The summed E-state index contributed by atoms with van der Waals surface area (Å²) in [6, 6.07) is 55.3. The van der Waals surface area contributed by atoms with Crippen molar-refractivity contribution >= 4 is 90.7 Å². The molecule has 0 atom stereocenters. The van der Waals surface area contributed by atoms with Crippen LogP contribution in [0.5, 0.6) is 23.0 Å². The van der Waals surface area contributed by atoms with Crippen LogP contribution in [0.3, 0.4) is 0 Å². The van der Waals surface area contributed by atoms with Crippen molar-refractivity contribution in [2.75, 3.05) is 26.4 Å². The lowest BCUT2D eigenvalue weighted by Gasteiger charge is -2.25. The number of thiophene rings is 8. The van der Waals surface area contributed by atoms with Crippen molar-refractivity contribution in [1.29, 1.82) is 0 Å². The third-order valence-corrected chi connectivity index (χ3v) is 23.7. The predicted octanol–water partition coefficient (Wildman–Crippen LogP) is 23.3. The first-order chi connectivity index (χ1) is 41.4. The van der Waals surface area contributed by atoms with Gasteiger partial charge in [0, 0.05) is 84.2 Å². The zero-order valence-corrected chi connectivity index (χ0v) is 54.1. The van der Waals surface area contributed by atoms with Crippen molar-refractivity contribution < 1.29 is 18.9 Å². The molecule has 0 radical (unpaired) electrons. The summed E-state index contributed by atoms with van der Waals surface area (Å²) in [7, 11) is 0. The van der Waals surface area contributed by atoms with Gasteiger partial charge in [-0.3, -0.25) is 0 Å². The van der Waals surface area contributed by atoms with Gasteiger partial charge >= 0.3 is 0 Å². The van der Waals surface area contributed by atoms with Crippen molar-refractivity contribution in [2.45, 2.75) is 79.1 Å². The minimum atomic E-state index is 0.591. The molecule has 0 aliphatic heterocycles. The summed E-state index contributed by atoms with van der Waals surface area (Å²) in [5.74, 6) is 3.78. The Balaban J connectivity index is 1.09. The van der Waals surface area contributed by atoms with E-state index in [1.54, 1.807) is 45.3 Å². The highest BCUT2D eigenvalue weighted by atomic mass is 32.1. The van der Waals surface area contributed by atoms with E-state index in [0.717, 1.165) is 93.2 Å². The zero-order chi connectivity index (χ0) is 56.9. The van der Waals surface area contributed by atoms with Crippen LogP contribution >= 0.6 is 90.7 Å². The molecule has 0 unspecified atom stereocenters. The van der Waals surface area contributed by atoms with E-state index in [1.807, 2.05) is 45.3 Å². The van der Waals surface area contributed by atoms with E-state index in [1.165, 1.54) is 80.8 Å². The van der Waals surface area contributed by atoms with Crippen LogP contribution in [-0.4, -0.2) is 26.4 Å². The fraction of sp³-hybridized carbons (Fsp3) is 0.222. The number of benzene rings is 4. The molecular formula is C72H64O4S8. The number of hydrogen-bond acceptors (Lipinski definition) is 12. The Kier molecular flexibility index (Phi) is 17.7. The maximum absolute atomic E-state index is 7.21. The van der Waals surface area contributed by atoms with Gasteiger partial charge in [0.1, 0.15) is 23.0 Å². The van der Waals surface area contributed by atoms with Gasteiger partial charge in [0.2, 0.25) is 0 Å². The molecule has 424 valence electrons. The molecule has 8 aromatic heterocycles. The molecule has 0 N–H and O–H groups in total. The molecule has 84 heavy (non-hydrogen) atoms. The van der Waals surface area contributed by atoms with Crippen molar-refractivity contribution in [3.63, 3.8) is 0 Å². The van der Waals surface area contributed by atoms with Crippen LogP contribution in [0, 0.1) is 0 Å². The number of rotatable bonds is 20. The fourth-order valence-electron chi connectivity index (χ4n) is 11.2. The smallest absolute Gasteiger partial charge is 0.126 e. The summed E-state index contributed by atoms with van der Waals surface area (Å²) in [6.45, 7) is 11.2. The summed E-state index contributed by atoms with van der Waals surface area (Å²) < 4.78 is 28.8. The summed E-state index contributed by atoms with van der Waals surface area (Å²) >= 11 is 14.6. The van der Waals surface area contributed by atoms with Gasteiger partial charge in [0.05, 0.1) is 26.4 Å². The third kappa shape index (κ3) is 12.2. The second-order valence-corrected chi connectivity index (χ2v) is 29.3. The Morgan fingerprint density at radius 1 is 0.262 bits per heavy atom. The van der Waals surface area contributed by atoms with Gasteiger partial charge in [-0.1, -0.05) is 52.0 Å². The predicted molar refractivity (Wildman–Crippen MR) is 367 cm³/mol. The number of fused-ring (bicyclic) bond motifs is 8. The molecule has 8 bridgehead atoms. The third-order valence-electron chi connectivity index (χ3n) is 14.9. The maximum atomic E-state index is 7.21. The van der Waals surface area contributed by atoms with Crippen molar-refractivity contribution in [3.8, 4) is 104 Å². The largest absolute Gasteiger partial charge is 0.493 e. The molecular weight excluding hydrogens is 1190 g/mol. The Morgan fingerprint density at radius 3 is 0.643 bits per heavy atom. The highest BCUT2D eigenvalue weighted by molar-refractivity contribution is 7.25. The molecule has 8 heterocycles.